The van der Waals surface area contributed by atoms with Gasteiger partial charge in [0.2, 0.25) is 0 Å². The molecule has 1 unspecified atom stereocenters. The maximum absolute atomic E-state index is 13.2. The first-order valence-corrected chi connectivity index (χ1v) is 9.98. The van der Waals surface area contributed by atoms with E-state index in [2.05, 4.69) is 4.98 Å². The number of amides is 1. The highest BCUT2D eigenvalue weighted by molar-refractivity contribution is 6.16. The minimum Gasteiger partial charge on any atom is -0.503 e. The largest absolute Gasteiger partial charge is 0.503 e. The van der Waals surface area contributed by atoms with Gasteiger partial charge in [-0.2, -0.15) is 0 Å². The Balaban J connectivity index is 1.72. The van der Waals surface area contributed by atoms with E-state index in [0.29, 0.717) is 23.4 Å². The molecule has 4 rings (SSSR count). The van der Waals surface area contributed by atoms with Gasteiger partial charge in [0.25, 0.3) is 5.91 Å². The predicted molar refractivity (Wildman–Crippen MR) is 117 cm³/mol. The van der Waals surface area contributed by atoms with E-state index in [4.69, 9.17) is 4.74 Å². The fourth-order valence-corrected chi connectivity index (χ4v) is 3.81. The summed E-state index contributed by atoms with van der Waals surface area (Å²) >= 11 is 0. The van der Waals surface area contributed by atoms with Crippen LogP contribution in [-0.4, -0.2) is 28.9 Å². The third-order valence-corrected chi connectivity index (χ3v) is 5.32. The van der Waals surface area contributed by atoms with Gasteiger partial charge in [-0.1, -0.05) is 42.5 Å². The van der Waals surface area contributed by atoms with Crippen LogP contribution in [0.4, 0.5) is 5.69 Å². The second kappa shape index (κ2) is 8.83. The van der Waals surface area contributed by atoms with Crippen molar-refractivity contribution >= 4 is 17.4 Å². The molecule has 0 spiro atoms. The Labute approximate surface area is 180 Å². The highest BCUT2D eigenvalue weighted by Gasteiger charge is 2.44. The van der Waals surface area contributed by atoms with Crippen LogP contribution in [0.25, 0.3) is 0 Å². The Hall–Kier alpha value is -3.93. The summed E-state index contributed by atoms with van der Waals surface area (Å²) < 4.78 is 5.29. The number of hydrogen-bond donors (Lipinski definition) is 1. The van der Waals surface area contributed by atoms with Crippen molar-refractivity contribution in [2.45, 2.75) is 18.9 Å². The van der Waals surface area contributed by atoms with Gasteiger partial charge in [0.15, 0.2) is 11.5 Å². The molecule has 2 aromatic carbocycles. The van der Waals surface area contributed by atoms with Crippen LogP contribution in [-0.2, 0) is 16.0 Å². The topological polar surface area (TPSA) is 79.7 Å². The molecule has 156 valence electrons. The fraction of sp³-hybridized carbons (Fsp3) is 0.160. The predicted octanol–water partition coefficient (Wildman–Crippen LogP) is 4.19. The Morgan fingerprint density at radius 1 is 1.10 bits per heavy atom. The van der Waals surface area contributed by atoms with E-state index < -0.39 is 17.7 Å². The van der Waals surface area contributed by atoms with E-state index in [9.17, 15) is 14.7 Å². The number of aromatic nitrogens is 1. The smallest absolute Gasteiger partial charge is 0.294 e. The lowest BCUT2D eigenvalue weighted by atomic mass is 9.94. The third kappa shape index (κ3) is 4.05. The number of aliphatic hydroxyl groups is 1. The van der Waals surface area contributed by atoms with Crippen LogP contribution in [0.5, 0.6) is 5.75 Å². The molecule has 1 aromatic heterocycles. The quantitative estimate of drug-likeness (QED) is 0.627. The molecule has 1 N–H and O–H groups in total. The standard InChI is InChI=1S/C25H22N2O4/c1-31-20-11-5-10-19(15-20)27-23(18-9-6-14-26-16-18)22(24(29)25(27)30)21(28)13-12-17-7-3-2-4-8-17/h2-11,14-16,23,29H,12-13H2,1H3. The molecule has 1 aliphatic heterocycles. The average Bonchev–Trinajstić information content (AvgIpc) is 3.09. The fourth-order valence-electron chi connectivity index (χ4n) is 3.81. The number of hydrogen-bond acceptors (Lipinski definition) is 5. The normalized spacial score (nSPS) is 16.0. The Bertz CT molecular complexity index is 1130. The molecule has 0 bridgehead atoms. The number of benzene rings is 2. The summed E-state index contributed by atoms with van der Waals surface area (Å²) in [6.07, 6.45) is 3.92. The summed E-state index contributed by atoms with van der Waals surface area (Å²) in [6.45, 7) is 0. The van der Waals surface area contributed by atoms with Gasteiger partial charge < -0.3 is 9.84 Å². The second-order valence-electron chi connectivity index (χ2n) is 7.24. The summed E-state index contributed by atoms with van der Waals surface area (Å²) in [6, 6.07) is 19.4. The number of pyridine rings is 1. The highest BCUT2D eigenvalue weighted by Crippen LogP contribution is 2.41. The lowest BCUT2D eigenvalue weighted by molar-refractivity contribution is -0.118. The number of aryl methyl sites for hydroxylation is 1. The molecule has 6 nitrogen and oxygen atoms in total. The van der Waals surface area contributed by atoms with Crippen LogP contribution < -0.4 is 9.64 Å². The van der Waals surface area contributed by atoms with E-state index in [1.165, 1.54) is 12.0 Å². The Kier molecular flexibility index (Phi) is 5.80. The number of ketones is 1. The maximum Gasteiger partial charge on any atom is 0.294 e. The van der Waals surface area contributed by atoms with Crippen LogP contribution in [0.3, 0.4) is 0 Å². The van der Waals surface area contributed by atoms with Crippen LogP contribution in [0.1, 0.15) is 23.6 Å². The van der Waals surface area contributed by atoms with Gasteiger partial charge in [0.1, 0.15) is 5.75 Å². The molecule has 2 heterocycles. The van der Waals surface area contributed by atoms with Crippen LogP contribution in [0.15, 0.2) is 90.5 Å². The first kappa shape index (κ1) is 20.3. The molecule has 0 saturated heterocycles. The highest BCUT2D eigenvalue weighted by atomic mass is 16.5. The number of carbonyl (C=O) groups excluding carboxylic acids is 2. The van der Waals surface area contributed by atoms with Gasteiger partial charge in [-0.25, -0.2) is 0 Å². The summed E-state index contributed by atoms with van der Waals surface area (Å²) in [7, 11) is 1.54. The molecule has 1 amide bonds. The maximum atomic E-state index is 13.2. The van der Waals surface area contributed by atoms with Crippen molar-refractivity contribution in [3.63, 3.8) is 0 Å². The molecule has 1 aliphatic rings. The van der Waals surface area contributed by atoms with Gasteiger partial charge >= 0.3 is 0 Å². The average molecular weight is 414 g/mol. The minimum absolute atomic E-state index is 0.0942. The minimum atomic E-state index is -0.767. The van der Waals surface area contributed by atoms with E-state index in [1.807, 2.05) is 30.3 Å². The number of rotatable bonds is 7. The zero-order chi connectivity index (χ0) is 21.8. The molecule has 1 atom stereocenters. The number of carbonyl (C=O) groups is 2. The van der Waals surface area contributed by atoms with Crippen molar-refractivity contribution < 1.29 is 19.4 Å². The third-order valence-electron chi connectivity index (χ3n) is 5.32. The van der Waals surface area contributed by atoms with Gasteiger partial charge in [0, 0.05) is 30.6 Å². The molecular weight excluding hydrogens is 392 g/mol. The van der Waals surface area contributed by atoms with E-state index in [0.717, 1.165) is 5.56 Å². The van der Waals surface area contributed by atoms with Crippen LogP contribution >= 0.6 is 0 Å². The number of ether oxygens (including phenoxy) is 1. The molecule has 0 saturated carbocycles. The van der Waals surface area contributed by atoms with E-state index >= 15 is 0 Å². The van der Waals surface area contributed by atoms with Gasteiger partial charge in [0.05, 0.1) is 18.7 Å². The number of methoxy groups -OCH3 is 1. The SMILES string of the molecule is COc1cccc(N2C(=O)C(O)=C(C(=O)CCc3ccccc3)C2c2cccnc2)c1. The second-order valence-corrected chi connectivity index (χ2v) is 7.24. The molecule has 6 heteroatoms. The van der Waals surface area contributed by atoms with E-state index in [1.54, 1.807) is 48.8 Å². The van der Waals surface area contributed by atoms with Crippen molar-refractivity contribution in [1.82, 2.24) is 4.98 Å². The summed E-state index contributed by atoms with van der Waals surface area (Å²) in [4.78, 5) is 31.9. The molecule has 0 radical (unpaired) electrons. The van der Waals surface area contributed by atoms with Crippen molar-refractivity contribution in [2.24, 2.45) is 0 Å². The molecular formula is C25H22N2O4. The van der Waals surface area contributed by atoms with Crippen molar-refractivity contribution in [2.75, 3.05) is 12.0 Å². The lowest BCUT2D eigenvalue weighted by Crippen LogP contribution is -2.31. The van der Waals surface area contributed by atoms with Crippen molar-refractivity contribution in [1.29, 1.82) is 0 Å². The Morgan fingerprint density at radius 2 is 1.90 bits per heavy atom. The van der Waals surface area contributed by atoms with E-state index in [-0.39, 0.29) is 17.8 Å². The first-order valence-electron chi connectivity index (χ1n) is 9.98. The van der Waals surface area contributed by atoms with Crippen molar-refractivity contribution in [3.05, 3.63) is 102 Å². The van der Waals surface area contributed by atoms with Crippen LogP contribution in [0, 0.1) is 0 Å². The van der Waals surface area contributed by atoms with Gasteiger partial charge in [-0.05, 0) is 35.7 Å². The number of Topliss-reactive ketones (excluding diaryl/α,β-unsaturated/α-hetero) is 1. The number of nitrogens with zero attached hydrogens (tertiary/aromatic N) is 2. The Morgan fingerprint density at radius 3 is 2.61 bits per heavy atom. The number of aliphatic hydroxyl groups excluding tert-OH is 1. The van der Waals surface area contributed by atoms with Gasteiger partial charge in [-0.3, -0.25) is 19.5 Å². The van der Waals surface area contributed by atoms with Gasteiger partial charge in [-0.15, -0.1) is 0 Å². The molecule has 0 fully saturated rings. The summed E-state index contributed by atoms with van der Waals surface area (Å²) in [5, 5.41) is 10.7. The molecule has 0 aliphatic carbocycles. The lowest BCUT2D eigenvalue weighted by Gasteiger charge is -2.27. The van der Waals surface area contributed by atoms with Crippen molar-refractivity contribution in [3.8, 4) is 5.75 Å². The molecule has 3 aromatic rings. The van der Waals surface area contributed by atoms with Crippen LogP contribution in [0.2, 0.25) is 0 Å². The zero-order valence-electron chi connectivity index (χ0n) is 17.1. The summed E-state index contributed by atoms with van der Waals surface area (Å²) in [5.41, 5.74) is 2.28. The zero-order valence-corrected chi connectivity index (χ0v) is 17.1. The first-order chi connectivity index (χ1) is 15.1. The monoisotopic (exact) mass is 414 g/mol. The molecule has 31 heavy (non-hydrogen) atoms. The number of anilines is 1. The summed E-state index contributed by atoms with van der Waals surface area (Å²) in [5.74, 6) is -0.840.